The van der Waals surface area contributed by atoms with E-state index in [9.17, 15) is 51.1 Å². The minimum absolute atomic E-state index is 0. The molecular formula is C86H102Cl6N12Ni6O12. The number of pyridine rings is 12. The average Bonchev–Trinajstić information content (AvgIpc) is 1.10. The first-order valence-corrected chi connectivity index (χ1v) is 38.2. The first kappa shape index (κ1) is 137. The monoisotopic (exact) mass is 2050 g/mol. The summed E-state index contributed by atoms with van der Waals surface area (Å²) in [4.78, 5) is 47.7. The van der Waals surface area contributed by atoms with Gasteiger partial charge >= 0.3 is 98.9 Å². The molecule has 0 radical (unpaired) electrons. The molecule has 36 heteroatoms. The van der Waals surface area contributed by atoms with E-state index in [1.165, 1.54) is 0 Å². The molecule has 0 atom stereocenters. The molecular weight excluding hydrogens is 1960 g/mol. The van der Waals surface area contributed by atoms with Gasteiger partial charge in [-0.3, -0.25) is 59.8 Å². The SMILES string of the molecule is ClCCl.ClCCl.OCCc1ccccn1.OCCc1ccccn1.[Cl-].[Cl-].[Ni+2].[Ni+2].[Ni+2].[Ni+2].[Ni+2].[Ni+2].[O-]CCc1ccccn1.[O-]CCc1ccccn1.[O-]CCc1ccccn1.[O-]CCc1ccccn1.[O-]CCc1ccccn1.[O-]CCc1ccccn1.[O-]CCc1ccccn1.[O-]CCc1ccccn1.[O-]CCc1ccccn1.[O-]CCc1ccccn1. The third-order valence-electron chi connectivity index (χ3n) is 13.0. The molecule has 12 aromatic heterocycles. The third-order valence-corrected chi connectivity index (χ3v) is 13.0. The molecule has 0 aromatic carbocycles. The maximum absolute atomic E-state index is 10.1. The molecule has 680 valence electrons. The van der Waals surface area contributed by atoms with E-state index in [0.29, 0.717) is 77.0 Å². The second-order valence-electron chi connectivity index (χ2n) is 21.5. The Morgan fingerprint density at radius 3 is 0.311 bits per heavy atom. The zero-order chi connectivity index (χ0) is 83.7. The smallest absolute Gasteiger partial charge is 1.00 e. The van der Waals surface area contributed by atoms with Crippen molar-refractivity contribution in [2.24, 2.45) is 0 Å². The van der Waals surface area contributed by atoms with Crippen molar-refractivity contribution in [3.63, 3.8) is 0 Å². The van der Waals surface area contributed by atoms with E-state index < -0.39 is 0 Å². The van der Waals surface area contributed by atoms with Crippen molar-refractivity contribution in [2.75, 3.05) is 90.0 Å². The van der Waals surface area contributed by atoms with Crippen molar-refractivity contribution in [2.45, 2.75) is 77.0 Å². The first-order chi connectivity index (χ1) is 56.0. The first-order valence-electron chi connectivity index (χ1n) is 36.1. The normalized spacial score (nSPS) is 8.66. The summed E-state index contributed by atoms with van der Waals surface area (Å²) in [5, 5.41) is 118. The van der Waals surface area contributed by atoms with Gasteiger partial charge in [0.25, 0.3) is 0 Å². The maximum atomic E-state index is 10.1. The topological polar surface area (TPSA) is 426 Å². The maximum Gasteiger partial charge on any atom is 2.00 e. The van der Waals surface area contributed by atoms with Crippen LogP contribution in [0.2, 0.25) is 0 Å². The fraction of sp³-hybridized carbons (Fsp3) is 0.302. The Hall–Kier alpha value is -5.98. The van der Waals surface area contributed by atoms with Gasteiger partial charge in [0.15, 0.2) is 0 Å². The Labute approximate surface area is 812 Å². The number of aliphatic hydroxyl groups is 2. The molecule has 0 saturated carbocycles. The van der Waals surface area contributed by atoms with Gasteiger partial charge in [0, 0.05) is 169 Å². The summed E-state index contributed by atoms with van der Waals surface area (Å²) < 4.78 is 0. The Morgan fingerprint density at radius 2 is 0.254 bits per heavy atom. The summed E-state index contributed by atoms with van der Waals surface area (Å²) in [6, 6.07) is 67.2. The summed E-state index contributed by atoms with van der Waals surface area (Å²) in [5.41, 5.74) is 10.7. The van der Waals surface area contributed by atoms with Crippen LogP contribution in [0.15, 0.2) is 293 Å². The quantitative estimate of drug-likeness (QED) is 0.0484. The van der Waals surface area contributed by atoms with Crippen LogP contribution in [0.4, 0.5) is 0 Å². The average molecular weight is 2060 g/mol. The number of rotatable bonds is 24. The van der Waals surface area contributed by atoms with E-state index in [4.69, 9.17) is 56.6 Å². The summed E-state index contributed by atoms with van der Waals surface area (Å²) in [5.74, 6) is 0. The molecule has 12 rings (SSSR count). The molecule has 0 spiro atoms. The molecule has 122 heavy (non-hydrogen) atoms. The van der Waals surface area contributed by atoms with E-state index in [1.807, 2.05) is 218 Å². The van der Waals surface area contributed by atoms with Crippen LogP contribution in [0.1, 0.15) is 68.3 Å². The second kappa shape index (κ2) is 111. The largest absolute Gasteiger partial charge is 2.00 e. The Kier molecular flexibility index (Phi) is 124. The van der Waals surface area contributed by atoms with Gasteiger partial charge in [-0.25, -0.2) is 0 Å². The van der Waals surface area contributed by atoms with Gasteiger partial charge in [-0.2, -0.15) is 0 Å². The van der Waals surface area contributed by atoms with Gasteiger partial charge in [-0.05, 0) is 210 Å². The summed E-state index contributed by atoms with van der Waals surface area (Å²) >= 11 is 19.1. The molecule has 0 aliphatic rings. The summed E-state index contributed by atoms with van der Waals surface area (Å²) in [6.07, 6.45) is 27.2. The van der Waals surface area contributed by atoms with Gasteiger partial charge in [-0.1, -0.05) is 72.8 Å². The van der Waals surface area contributed by atoms with Crippen molar-refractivity contribution >= 4 is 46.4 Å². The molecule has 0 aliphatic heterocycles. The fourth-order valence-corrected chi connectivity index (χ4v) is 7.83. The number of nitrogens with zero attached hydrogens (tertiary/aromatic N) is 12. The van der Waals surface area contributed by atoms with Crippen molar-refractivity contribution in [1.82, 2.24) is 59.8 Å². The van der Waals surface area contributed by atoms with Crippen molar-refractivity contribution < 1.29 is 185 Å². The zero-order valence-corrected chi connectivity index (χ0v) is 77.1. The summed E-state index contributed by atoms with van der Waals surface area (Å²) in [6.45, 7) is -0.369. The number of hydrogen-bond acceptors (Lipinski definition) is 24. The van der Waals surface area contributed by atoms with E-state index in [0.717, 1.165) is 68.3 Å². The van der Waals surface area contributed by atoms with Gasteiger partial charge < -0.3 is 86.1 Å². The molecule has 0 saturated heterocycles. The van der Waals surface area contributed by atoms with E-state index in [-0.39, 0.29) is 214 Å². The molecule has 0 bridgehead atoms. The predicted octanol–water partition coefficient (Wildman–Crippen LogP) is -2.09. The Balaban J connectivity index is -0.000000139. The third kappa shape index (κ3) is 91.7. The van der Waals surface area contributed by atoms with Crippen LogP contribution < -0.4 is 75.9 Å². The molecule has 0 amide bonds. The minimum Gasteiger partial charge on any atom is -1.00 e. The Bertz CT molecular complexity index is 2940. The van der Waals surface area contributed by atoms with E-state index in [2.05, 4.69) is 59.8 Å². The molecule has 0 fully saturated rings. The van der Waals surface area contributed by atoms with Crippen LogP contribution >= 0.6 is 46.4 Å². The fourth-order valence-electron chi connectivity index (χ4n) is 7.83. The van der Waals surface area contributed by atoms with E-state index >= 15 is 0 Å². The number of aliphatic hydroxyl groups excluding tert-OH is 2. The van der Waals surface area contributed by atoms with Gasteiger partial charge in [0.2, 0.25) is 0 Å². The number of alkyl halides is 4. The van der Waals surface area contributed by atoms with Crippen LogP contribution in [-0.4, -0.2) is 160 Å². The van der Waals surface area contributed by atoms with Crippen LogP contribution in [0.5, 0.6) is 0 Å². The molecule has 12 aromatic rings. The molecule has 0 unspecified atom stereocenters. The van der Waals surface area contributed by atoms with Gasteiger partial charge in [-0.15, -0.1) is 112 Å². The standard InChI is InChI=1S/2C7H9NO.10C7H8NO.2CH2Cl2.2ClH.6Ni/c12*9-6-4-7-3-1-2-5-8-7;2*2-1-3;;;;;;;;/h2*1-3,5,9H,4,6H2;10*1-3,5H,4,6H2;2*1H2;2*1H;;;;;;/q;;10*-1;;;;;6*+2/p-2. The summed E-state index contributed by atoms with van der Waals surface area (Å²) in [7, 11) is 0. The van der Waals surface area contributed by atoms with Crippen LogP contribution in [0, 0.1) is 0 Å². The van der Waals surface area contributed by atoms with Crippen LogP contribution in [-0.2, 0) is 176 Å². The van der Waals surface area contributed by atoms with Crippen molar-refractivity contribution in [1.29, 1.82) is 0 Å². The second-order valence-corrected chi connectivity index (χ2v) is 23.2. The number of hydrogen-bond donors (Lipinski definition) is 2. The van der Waals surface area contributed by atoms with Crippen molar-refractivity contribution in [3.8, 4) is 0 Å². The van der Waals surface area contributed by atoms with Gasteiger partial charge in [0.05, 0.1) is 10.7 Å². The zero-order valence-electron chi connectivity index (χ0n) is 66.6. The minimum atomic E-state index is -0.0724. The molecule has 24 nitrogen and oxygen atoms in total. The van der Waals surface area contributed by atoms with Crippen molar-refractivity contribution in [3.05, 3.63) is 361 Å². The van der Waals surface area contributed by atoms with Gasteiger partial charge in [0.1, 0.15) is 0 Å². The predicted molar refractivity (Wildman–Crippen MR) is 431 cm³/mol. The molecule has 12 heterocycles. The van der Waals surface area contributed by atoms with E-state index in [1.54, 1.807) is 74.4 Å². The van der Waals surface area contributed by atoms with Crippen LogP contribution in [0.3, 0.4) is 0 Å². The number of halogens is 6. The molecule has 0 aliphatic carbocycles. The number of aromatic nitrogens is 12. The van der Waals surface area contributed by atoms with Crippen LogP contribution in [0.25, 0.3) is 0 Å². The Morgan fingerprint density at radius 1 is 0.172 bits per heavy atom. The molecule has 2 N–H and O–H groups in total.